The quantitative estimate of drug-likeness (QED) is 0.231. The molecule has 2 aromatic heterocycles. The first kappa shape index (κ1) is 24.7. The number of hydrogen-bond donors (Lipinski definition) is 2. The maximum atomic E-state index is 12.8. The summed E-state index contributed by atoms with van der Waals surface area (Å²) in [7, 11) is 3.24. The number of aromatic nitrogens is 4. The lowest BCUT2D eigenvalue weighted by atomic mass is 10.1. The van der Waals surface area contributed by atoms with Crippen molar-refractivity contribution in [1.29, 1.82) is 0 Å². The molecular formula is C23H29N7O4S. The molecule has 3 heterocycles. The van der Waals surface area contributed by atoms with Crippen LogP contribution in [0.15, 0.2) is 35.6 Å². The minimum absolute atomic E-state index is 0.0665. The number of amides is 2. The Morgan fingerprint density at radius 2 is 2.00 bits per heavy atom. The van der Waals surface area contributed by atoms with E-state index in [2.05, 4.69) is 25.7 Å². The number of carbonyl (C=O) groups excluding carboxylic acids is 2. The van der Waals surface area contributed by atoms with Gasteiger partial charge in [-0.25, -0.2) is 14.6 Å². The average Bonchev–Trinajstić information content (AvgIpc) is 3.47. The van der Waals surface area contributed by atoms with Crippen molar-refractivity contribution in [3.05, 3.63) is 30.5 Å². The van der Waals surface area contributed by atoms with Gasteiger partial charge in [0.25, 0.3) is 0 Å². The molecule has 0 bridgehead atoms. The standard InChI is InChI=1S/C23H29N7O4S/c1-33-11-9-24-20-18-13-26-30(21(18)28-23(27-20)35-3)10-8-25-22(32)15-12-19(31)29(14-15)16-4-6-17(34-2)7-5-16/h4-7,13,15H,8-12,14H2,1-3H3,(H,25,32)(H,24,27,28). The van der Waals surface area contributed by atoms with Crippen molar-refractivity contribution in [2.75, 3.05) is 56.9 Å². The van der Waals surface area contributed by atoms with Gasteiger partial charge in [-0.15, -0.1) is 0 Å². The lowest BCUT2D eigenvalue weighted by Crippen LogP contribution is -2.35. The predicted octanol–water partition coefficient (Wildman–Crippen LogP) is 1.78. The molecule has 1 saturated heterocycles. The Bertz CT molecular complexity index is 1180. The summed E-state index contributed by atoms with van der Waals surface area (Å²) in [6, 6.07) is 7.25. The number of methoxy groups -OCH3 is 2. The van der Waals surface area contributed by atoms with E-state index in [0.29, 0.717) is 55.2 Å². The van der Waals surface area contributed by atoms with Crippen LogP contribution < -0.4 is 20.3 Å². The summed E-state index contributed by atoms with van der Waals surface area (Å²) < 4.78 is 12.0. The van der Waals surface area contributed by atoms with Gasteiger partial charge < -0.3 is 25.0 Å². The molecule has 1 fully saturated rings. The van der Waals surface area contributed by atoms with Gasteiger partial charge in [0, 0.05) is 38.9 Å². The molecule has 35 heavy (non-hydrogen) atoms. The van der Waals surface area contributed by atoms with Crippen molar-refractivity contribution in [2.45, 2.75) is 18.1 Å². The van der Waals surface area contributed by atoms with Gasteiger partial charge in [0.05, 0.1) is 37.8 Å². The van der Waals surface area contributed by atoms with E-state index < -0.39 is 5.92 Å². The van der Waals surface area contributed by atoms with Crippen LogP contribution in [0.5, 0.6) is 5.75 Å². The van der Waals surface area contributed by atoms with Crippen LogP contribution in [0.4, 0.5) is 11.5 Å². The van der Waals surface area contributed by atoms with Crippen molar-refractivity contribution >= 4 is 46.1 Å². The number of nitrogens with one attached hydrogen (secondary N) is 2. The first-order chi connectivity index (χ1) is 17.0. The summed E-state index contributed by atoms with van der Waals surface area (Å²) >= 11 is 1.45. The van der Waals surface area contributed by atoms with Gasteiger partial charge in [0.15, 0.2) is 10.8 Å². The van der Waals surface area contributed by atoms with Gasteiger partial charge in [0.2, 0.25) is 11.8 Å². The third kappa shape index (κ3) is 5.65. The van der Waals surface area contributed by atoms with E-state index in [-0.39, 0.29) is 18.2 Å². The van der Waals surface area contributed by atoms with Crippen molar-refractivity contribution < 1.29 is 19.1 Å². The van der Waals surface area contributed by atoms with Gasteiger partial charge in [-0.05, 0) is 30.5 Å². The number of carbonyl (C=O) groups is 2. The number of hydrogen-bond acceptors (Lipinski definition) is 9. The molecule has 4 rings (SSSR count). The van der Waals surface area contributed by atoms with Gasteiger partial charge in [-0.3, -0.25) is 9.59 Å². The van der Waals surface area contributed by atoms with E-state index in [4.69, 9.17) is 9.47 Å². The van der Waals surface area contributed by atoms with Crippen LogP contribution >= 0.6 is 11.8 Å². The molecule has 0 aliphatic carbocycles. The summed E-state index contributed by atoms with van der Waals surface area (Å²) in [5.41, 5.74) is 1.45. The van der Waals surface area contributed by atoms with Crippen LogP contribution in [0.25, 0.3) is 11.0 Å². The van der Waals surface area contributed by atoms with E-state index in [1.807, 2.05) is 18.4 Å². The van der Waals surface area contributed by atoms with Crippen LogP contribution in [0, 0.1) is 5.92 Å². The van der Waals surface area contributed by atoms with Crippen LogP contribution in [-0.2, 0) is 20.9 Å². The van der Waals surface area contributed by atoms with Gasteiger partial charge in [-0.1, -0.05) is 11.8 Å². The second kappa shape index (κ2) is 11.4. The Morgan fingerprint density at radius 1 is 1.20 bits per heavy atom. The second-order valence-corrected chi connectivity index (χ2v) is 8.75. The number of rotatable bonds is 11. The number of anilines is 2. The summed E-state index contributed by atoms with van der Waals surface area (Å²) in [5, 5.41) is 12.1. The molecule has 3 aromatic rings. The van der Waals surface area contributed by atoms with Crippen molar-refractivity contribution in [3.63, 3.8) is 0 Å². The molecule has 1 atom stereocenters. The van der Waals surface area contributed by atoms with Crippen LogP contribution in [0.2, 0.25) is 0 Å². The van der Waals surface area contributed by atoms with Gasteiger partial charge in [0.1, 0.15) is 11.6 Å². The fourth-order valence-electron chi connectivity index (χ4n) is 3.92. The molecule has 2 N–H and O–H groups in total. The van der Waals surface area contributed by atoms with Gasteiger partial charge >= 0.3 is 0 Å². The molecule has 2 amide bonds. The van der Waals surface area contributed by atoms with Crippen molar-refractivity contribution in [2.24, 2.45) is 5.92 Å². The Hall–Kier alpha value is -3.38. The Morgan fingerprint density at radius 3 is 2.71 bits per heavy atom. The Kier molecular flexibility index (Phi) is 8.03. The monoisotopic (exact) mass is 499 g/mol. The Balaban J connectivity index is 1.36. The number of benzene rings is 1. The highest BCUT2D eigenvalue weighted by Gasteiger charge is 2.35. The van der Waals surface area contributed by atoms with Gasteiger partial charge in [-0.2, -0.15) is 5.10 Å². The fourth-order valence-corrected chi connectivity index (χ4v) is 4.28. The van der Waals surface area contributed by atoms with Crippen LogP contribution in [0.1, 0.15) is 6.42 Å². The third-order valence-electron chi connectivity index (χ3n) is 5.76. The van der Waals surface area contributed by atoms with Crippen molar-refractivity contribution in [3.8, 4) is 5.75 Å². The zero-order chi connectivity index (χ0) is 24.8. The van der Waals surface area contributed by atoms with Crippen LogP contribution in [0.3, 0.4) is 0 Å². The van der Waals surface area contributed by atoms with E-state index in [9.17, 15) is 9.59 Å². The summed E-state index contributed by atoms with van der Waals surface area (Å²) in [4.78, 5) is 36.0. The summed E-state index contributed by atoms with van der Waals surface area (Å²) in [5.74, 6) is 0.805. The normalized spacial score (nSPS) is 15.6. The van der Waals surface area contributed by atoms with E-state index in [0.717, 1.165) is 11.1 Å². The molecular weight excluding hydrogens is 470 g/mol. The van der Waals surface area contributed by atoms with E-state index in [1.54, 1.807) is 42.1 Å². The topological polar surface area (TPSA) is 124 Å². The fraction of sp³-hybridized carbons (Fsp3) is 0.435. The molecule has 186 valence electrons. The minimum Gasteiger partial charge on any atom is -0.497 e. The maximum Gasteiger partial charge on any atom is 0.227 e. The first-order valence-electron chi connectivity index (χ1n) is 11.3. The number of thioether (sulfide) groups is 1. The smallest absolute Gasteiger partial charge is 0.227 e. The largest absolute Gasteiger partial charge is 0.497 e. The lowest BCUT2D eigenvalue weighted by molar-refractivity contribution is -0.126. The zero-order valence-electron chi connectivity index (χ0n) is 20.0. The van der Waals surface area contributed by atoms with E-state index >= 15 is 0 Å². The number of ether oxygens (including phenoxy) is 2. The predicted molar refractivity (Wildman–Crippen MR) is 134 cm³/mol. The van der Waals surface area contributed by atoms with Crippen LogP contribution in [-0.4, -0.2) is 78.3 Å². The highest BCUT2D eigenvalue weighted by Crippen LogP contribution is 2.27. The molecule has 0 radical (unpaired) electrons. The molecule has 1 unspecified atom stereocenters. The molecule has 12 heteroatoms. The molecule has 1 aromatic carbocycles. The van der Waals surface area contributed by atoms with E-state index in [1.165, 1.54) is 11.8 Å². The highest BCUT2D eigenvalue weighted by molar-refractivity contribution is 7.98. The zero-order valence-corrected chi connectivity index (χ0v) is 20.8. The maximum absolute atomic E-state index is 12.8. The number of fused-ring (bicyclic) bond motifs is 1. The Labute approximate surface area is 207 Å². The second-order valence-electron chi connectivity index (χ2n) is 7.98. The van der Waals surface area contributed by atoms with Crippen molar-refractivity contribution in [1.82, 2.24) is 25.1 Å². The number of nitrogens with zero attached hydrogens (tertiary/aromatic N) is 5. The average molecular weight is 500 g/mol. The molecule has 1 aliphatic rings. The first-order valence-corrected chi connectivity index (χ1v) is 12.5. The lowest BCUT2D eigenvalue weighted by Gasteiger charge is -2.17. The molecule has 0 saturated carbocycles. The summed E-state index contributed by atoms with van der Waals surface area (Å²) in [6.07, 6.45) is 3.82. The molecule has 0 spiro atoms. The molecule has 1 aliphatic heterocycles. The molecule has 11 nitrogen and oxygen atoms in total. The minimum atomic E-state index is -0.402. The SMILES string of the molecule is COCCNc1nc(SC)nc2c1cnn2CCNC(=O)C1CC(=O)N(c2ccc(OC)cc2)C1. The summed E-state index contributed by atoms with van der Waals surface area (Å²) in [6.45, 7) is 2.34. The third-order valence-corrected chi connectivity index (χ3v) is 6.31. The highest BCUT2D eigenvalue weighted by atomic mass is 32.2.